The van der Waals surface area contributed by atoms with E-state index in [4.69, 9.17) is 0 Å². The van der Waals surface area contributed by atoms with Crippen LogP contribution in [0.25, 0.3) is 0 Å². The smallest absolute Gasteiger partial charge is 0.0279 e. The molecule has 0 N–H and O–H groups in total. The van der Waals surface area contributed by atoms with Crippen LogP contribution < -0.4 is 0 Å². The third-order valence-corrected chi connectivity index (χ3v) is 2.86. The van der Waals surface area contributed by atoms with E-state index in [-0.39, 0.29) is 0 Å². The topological polar surface area (TPSA) is 0 Å². The summed E-state index contributed by atoms with van der Waals surface area (Å²) in [6, 6.07) is 6.87. The van der Waals surface area contributed by atoms with Gasteiger partial charge in [-0.15, -0.1) is 9.24 Å². The number of aryl methyl sites for hydroxylation is 3. The zero-order valence-corrected chi connectivity index (χ0v) is 10.5. The van der Waals surface area contributed by atoms with Gasteiger partial charge in [-0.2, -0.15) is 0 Å². The molecule has 0 nitrogen and oxygen atoms in total. The zero-order valence-electron chi connectivity index (χ0n) is 9.34. The lowest BCUT2D eigenvalue weighted by atomic mass is 10.0. The molecule has 1 aromatic rings. The molecule has 0 aliphatic rings. The molecule has 78 valence electrons. The van der Waals surface area contributed by atoms with Gasteiger partial charge in [0.25, 0.3) is 0 Å². The van der Waals surface area contributed by atoms with Crippen LogP contribution in [0.15, 0.2) is 18.2 Å². The molecule has 0 amide bonds. The van der Waals surface area contributed by atoms with Crippen molar-refractivity contribution in [3.63, 3.8) is 0 Å². The van der Waals surface area contributed by atoms with E-state index in [0.29, 0.717) is 0 Å². The Morgan fingerprint density at radius 1 is 0.929 bits per heavy atom. The molecular formula is C13H21P. The molecule has 0 radical (unpaired) electrons. The van der Waals surface area contributed by atoms with E-state index in [2.05, 4.69) is 41.3 Å². The van der Waals surface area contributed by atoms with Crippen LogP contribution in [0.1, 0.15) is 36.0 Å². The van der Waals surface area contributed by atoms with Gasteiger partial charge in [-0.05, 0) is 44.8 Å². The van der Waals surface area contributed by atoms with E-state index in [1.54, 1.807) is 0 Å². The Morgan fingerprint density at radius 2 is 1.57 bits per heavy atom. The molecule has 14 heavy (non-hydrogen) atoms. The van der Waals surface area contributed by atoms with E-state index in [9.17, 15) is 0 Å². The highest BCUT2D eigenvalue weighted by Gasteiger charge is 1.96. The van der Waals surface area contributed by atoms with Gasteiger partial charge in [0, 0.05) is 0 Å². The van der Waals surface area contributed by atoms with Gasteiger partial charge >= 0.3 is 0 Å². The molecule has 0 fully saturated rings. The van der Waals surface area contributed by atoms with Gasteiger partial charge in [-0.3, -0.25) is 0 Å². The number of hydrogen-bond donors (Lipinski definition) is 0. The molecule has 1 heteroatoms. The van der Waals surface area contributed by atoms with Gasteiger partial charge in [0.1, 0.15) is 0 Å². The molecule has 1 rings (SSSR count). The average Bonchev–Trinajstić information content (AvgIpc) is 2.11. The zero-order chi connectivity index (χ0) is 10.4. The highest BCUT2D eigenvalue weighted by Crippen LogP contribution is 2.12. The van der Waals surface area contributed by atoms with Crippen LogP contribution in [0.3, 0.4) is 0 Å². The van der Waals surface area contributed by atoms with Crippen LogP contribution in [0.5, 0.6) is 0 Å². The highest BCUT2D eigenvalue weighted by atomic mass is 31.0. The van der Waals surface area contributed by atoms with Crippen molar-refractivity contribution in [3.05, 3.63) is 34.9 Å². The van der Waals surface area contributed by atoms with E-state index >= 15 is 0 Å². The lowest BCUT2D eigenvalue weighted by molar-refractivity contribution is 0.722. The number of hydrogen-bond acceptors (Lipinski definition) is 0. The van der Waals surface area contributed by atoms with Crippen LogP contribution in [0, 0.1) is 13.8 Å². The molecule has 0 aromatic heterocycles. The summed E-state index contributed by atoms with van der Waals surface area (Å²) in [5.41, 5.74) is 4.29. The maximum Gasteiger partial charge on any atom is -0.0279 e. The van der Waals surface area contributed by atoms with E-state index < -0.39 is 0 Å². The van der Waals surface area contributed by atoms with Gasteiger partial charge in [-0.1, -0.05) is 35.7 Å². The average molecular weight is 208 g/mol. The quantitative estimate of drug-likeness (QED) is 0.508. The number of rotatable bonds is 5. The van der Waals surface area contributed by atoms with Crippen molar-refractivity contribution in [2.75, 3.05) is 6.16 Å². The summed E-state index contributed by atoms with van der Waals surface area (Å²) in [6.45, 7) is 4.36. The number of unbranched alkanes of at least 4 members (excludes halogenated alkanes) is 2. The van der Waals surface area contributed by atoms with E-state index in [0.717, 1.165) is 0 Å². The van der Waals surface area contributed by atoms with Crippen molar-refractivity contribution in [1.29, 1.82) is 0 Å². The highest BCUT2D eigenvalue weighted by molar-refractivity contribution is 7.16. The third-order valence-electron chi connectivity index (χ3n) is 2.45. The van der Waals surface area contributed by atoms with Crippen LogP contribution >= 0.6 is 9.24 Å². The maximum absolute atomic E-state index is 2.79. The SMILES string of the molecule is Cc1cc(C)cc(CCCCCP)c1. The van der Waals surface area contributed by atoms with E-state index in [1.165, 1.54) is 48.5 Å². The first-order chi connectivity index (χ1) is 6.72. The molecule has 0 saturated heterocycles. The lowest BCUT2D eigenvalue weighted by Crippen LogP contribution is -1.89. The fourth-order valence-corrected chi connectivity index (χ4v) is 2.15. The Kier molecular flexibility index (Phi) is 5.19. The largest absolute Gasteiger partial charge is 0.138 e. The van der Waals surface area contributed by atoms with Crippen molar-refractivity contribution < 1.29 is 0 Å². The molecule has 0 aliphatic carbocycles. The first-order valence-corrected chi connectivity index (χ1v) is 6.31. The fraction of sp³-hybridized carbons (Fsp3) is 0.538. The van der Waals surface area contributed by atoms with Crippen LogP contribution in [0.2, 0.25) is 0 Å². The first kappa shape index (κ1) is 11.7. The van der Waals surface area contributed by atoms with Crippen molar-refractivity contribution in [3.8, 4) is 0 Å². The van der Waals surface area contributed by atoms with Gasteiger partial charge < -0.3 is 0 Å². The summed E-state index contributed by atoms with van der Waals surface area (Å²) in [5.74, 6) is 0. The van der Waals surface area contributed by atoms with Gasteiger partial charge in [0.2, 0.25) is 0 Å². The second-order valence-electron chi connectivity index (χ2n) is 4.10. The molecule has 0 bridgehead atoms. The molecule has 1 aromatic carbocycles. The summed E-state index contributed by atoms with van der Waals surface area (Å²) in [4.78, 5) is 0. The summed E-state index contributed by atoms with van der Waals surface area (Å²) in [6.07, 6.45) is 6.52. The predicted molar refractivity (Wildman–Crippen MR) is 68.0 cm³/mol. The standard InChI is InChI=1S/C13H21P/c1-11-8-12(2)10-13(9-11)6-4-3-5-7-14/h8-10H,3-7,14H2,1-2H3. The minimum atomic E-state index is 1.24. The molecule has 0 aliphatic heterocycles. The van der Waals surface area contributed by atoms with Crippen LogP contribution in [-0.2, 0) is 6.42 Å². The minimum Gasteiger partial charge on any atom is -0.138 e. The lowest BCUT2D eigenvalue weighted by Gasteiger charge is -2.04. The molecule has 0 saturated carbocycles. The number of benzene rings is 1. The van der Waals surface area contributed by atoms with E-state index in [1.807, 2.05) is 0 Å². The van der Waals surface area contributed by atoms with Crippen molar-refractivity contribution >= 4 is 9.24 Å². The summed E-state index contributed by atoms with van der Waals surface area (Å²) in [5, 5.41) is 0. The molecular weight excluding hydrogens is 187 g/mol. The predicted octanol–water partition coefficient (Wildman–Crippen LogP) is 3.89. The van der Waals surface area contributed by atoms with Crippen molar-refractivity contribution in [2.45, 2.75) is 39.5 Å². The molecule has 1 atom stereocenters. The Hall–Kier alpha value is -0.350. The third kappa shape index (κ3) is 4.24. The fourth-order valence-electron chi connectivity index (χ4n) is 1.86. The van der Waals surface area contributed by atoms with Gasteiger partial charge in [-0.25, -0.2) is 0 Å². The Morgan fingerprint density at radius 3 is 2.14 bits per heavy atom. The molecule has 0 spiro atoms. The second kappa shape index (κ2) is 6.19. The van der Waals surface area contributed by atoms with Gasteiger partial charge in [0.05, 0.1) is 0 Å². The maximum atomic E-state index is 2.79. The van der Waals surface area contributed by atoms with Crippen molar-refractivity contribution in [2.24, 2.45) is 0 Å². The summed E-state index contributed by atoms with van der Waals surface area (Å²) >= 11 is 0. The second-order valence-corrected chi connectivity index (χ2v) is 4.67. The Balaban J connectivity index is 2.42. The normalized spacial score (nSPS) is 10.5. The van der Waals surface area contributed by atoms with Gasteiger partial charge in [0.15, 0.2) is 0 Å². The monoisotopic (exact) mass is 208 g/mol. The Labute approximate surface area is 90.3 Å². The first-order valence-electron chi connectivity index (χ1n) is 5.49. The van der Waals surface area contributed by atoms with Crippen LogP contribution in [-0.4, -0.2) is 6.16 Å². The molecule has 0 heterocycles. The van der Waals surface area contributed by atoms with Crippen LogP contribution in [0.4, 0.5) is 0 Å². The van der Waals surface area contributed by atoms with Crippen molar-refractivity contribution in [1.82, 2.24) is 0 Å². The Bertz CT molecular complexity index is 258. The minimum absolute atomic E-state index is 1.24. The summed E-state index contributed by atoms with van der Waals surface area (Å²) in [7, 11) is 2.79. The molecule has 1 unspecified atom stereocenters. The summed E-state index contributed by atoms with van der Waals surface area (Å²) < 4.78 is 0.